The van der Waals surface area contributed by atoms with Crippen molar-refractivity contribution in [2.24, 2.45) is 0 Å². The average molecular weight is 351 g/mol. The molecule has 0 heterocycles. The number of carbonyl (C=O) groups excluding carboxylic acids is 1. The number of hydrogen-bond acceptors (Lipinski definition) is 5. The van der Waals surface area contributed by atoms with Crippen molar-refractivity contribution in [2.75, 3.05) is 19.0 Å². The lowest BCUT2D eigenvalue weighted by molar-refractivity contribution is -0.384. The molecule has 2 aromatic rings. The van der Waals surface area contributed by atoms with E-state index in [4.69, 9.17) is 21.1 Å². The fraction of sp³-hybridized carbons (Fsp3) is 0.188. The molecule has 0 saturated heterocycles. The minimum Gasteiger partial charge on any atom is -0.491 e. The van der Waals surface area contributed by atoms with E-state index in [0.29, 0.717) is 23.8 Å². The molecule has 8 heteroatoms. The summed E-state index contributed by atoms with van der Waals surface area (Å²) in [6.07, 6.45) is 0. The molecule has 2 aromatic carbocycles. The fourth-order valence-corrected chi connectivity index (χ4v) is 2.35. The quantitative estimate of drug-likeness (QED) is 0.630. The first-order chi connectivity index (χ1) is 11.5. The molecule has 0 bridgehead atoms. The summed E-state index contributed by atoms with van der Waals surface area (Å²) in [5, 5.41) is 13.6. The summed E-state index contributed by atoms with van der Waals surface area (Å²) in [6, 6.07) is 8.59. The lowest BCUT2D eigenvalue weighted by Gasteiger charge is -2.13. The van der Waals surface area contributed by atoms with Crippen LogP contribution in [0.4, 0.5) is 11.4 Å². The van der Waals surface area contributed by atoms with Gasteiger partial charge in [-0.25, -0.2) is 0 Å². The highest BCUT2D eigenvalue weighted by atomic mass is 35.5. The van der Waals surface area contributed by atoms with Gasteiger partial charge in [0.25, 0.3) is 11.6 Å². The molecule has 0 aliphatic rings. The molecule has 126 valence electrons. The van der Waals surface area contributed by atoms with Gasteiger partial charge >= 0.3 is 0 Å². The van der Waals surface area contributed by atoms with Gasteiger partial charge in [0.15, 0.2) is 11.5 Å². The van der Waals surface area contributed by atoms with E-state index in [1.807, 2.05) is 0 Å². The molecule has 2 rings (SSSR count). The molecular formula is C16H15ClN2O5. The van der Waals surface area contributed by atoms with Crippen LogP contribution >= 0.6 is 11.6 Å². The third kappa shape index (κ3) is 3.94. The number of amides is 1. The maximum absolute atomic E-state index is 12.4. The number of rotatable bonds is 6. The van der Waals surface area contributed by atoms with Crippen LogP contribution < -0.4 is 14.8 Å². The van der Waals surface area contributed by atoms with Crippen LogP contribution in [-0.4, -0.2) is 24.5 Å². The molecular weight excluding hydrogens is 336 g/mol. The standard InChI is InChI=1S/C16H15ClN2O5/c1-3-24-14-8-10(7-13(17)15(14)23-2)16(20)18-11-5-4-6-12(9-11)19(21)22/h4-9H,3H2,1-2H3,(H,18,20). The Morgan fingerprint density at radius 2 is 2.08 bits per heavy atom. The number of hydrogen-bond donors (Lipinski definition) is 1. The predicted molar refractivity (Wildman–Crippen MR) is 90.2 cm³/mol. The molecule has 0 unspecified atom stereocenters. The molecule has 0 fully saturated rings. The van der Waals surface area contributed by atoms with E-state index >= 15 is 0 Å². The summed E-state index contributed by atoms with van der Waals surface area (Å²) in [5.74, 6) is 0.211. The van der Waals surface area contributed by atoms with Crippen LogP contribution in [0.3, 0.4) is 0 Å². The molecule has 0 saturated carbocycles. The van der Waals surface area contributed by atoms with E-state index < -0.39 is 10.8 Å². The van der Waals surface area contributed by atoms with Crippen LogP contribution in [0.2, 0.25) is 5.02 Å². The highest BCUT2D eigenvalue weighted by Crippen LogP contribution is 2.36. The van der Waals surface area contributed by atoms with Gasteiger partial charge in [0, 0.05) is 23.4 Å². The Morgan fingerprint density at radius 1 is 1.33 bits per heavy atom. The van der Waals surface area contributed by atoms with E-state index in [-0.39, 0.29) is 16.3 Å². The van der Waals surface area contributed by atoms with E-state index in [9.17, 15) is 14.9 Å². The number of carbonyl (C=O) groups is 1. The first-order valence-electron chi connectivity index (χ1n) is 7.02. The normalized spacial score (nSPS) is 10.1. The number of methoxy groups -OCH3 is 1. The Balaban J connectivity index is 2.29. The largest absolute Gasteiger partial charge is 0.491 e. The van der Waals surface area contributed by atoms with Crippen LogP contribution in [0, 0.1) is 10.1 Å². The summed E-state index contributed by atoms with van der Waals surface area (Å²) < 4.78 is 10.6. The van der Waals surface area contributed by atoms with Crippen molar-refractivity contribution in [1.29, 1.82) is 0 Å². The topological polar surface area (TPSA) is 90.7 Å². The summed E-state index contributed by atoms with van der Waals surface area (Å²) in [4.78, 5) is 22.6. The van der Waals surface area contributed by atoms with Crippen LogP contribution in [0.5, 0.6) is 11.5 Å². The number of halogens is 1. The Labute approximate surface area is 143 Å². The molecule has 0 spiro atoms. The molecule has 7 nitrogen and oxygen atoms in total. The van der Waals surface area contributed by atoms with Gasteiger partial charge in [-0.3, -0.25) is 14.9 Å². The van der Waals surface area contributed by atoms with Crippen molar-refractivity contribution in [1.82, 2.24) is 0 Å². The summed E-state index contributed by atoms with van der Waals surface area (Å²) >= 11 is 6.11. The molecule has 1 amide bonds. The van der Waals surface area contributed by atoms with Crippen molar-refractivity contribution in [3.05, 3.63) is 57.1 Å². The van der Waals surface area contributed by atoms with Crippen LogP contribution in [0.1, 0.15) is 17.3 Å². The number of nitro groups is 1. The monoisotopic (exact) mass is 350 g/mol. The molecule has 0 aliphatic carbocycles. The first-order valence-corrected chi connectivity index (χ1v) is 7.40. The maximum atomic E-state index is 12.4. The van der Waals surface area contributed by atoms with Gasteiger partial charge in [-0.1, -0.05) is 17.7 Å². The Kier molecular flexibility index (Phi) is 5.59. The Hall–Kier alpha value is -2.80. The lowest BCUT2D eigenvalue weighted by Crippen LogP contribution is -2.12. The highest BCUT2D eigenvalue weighted by molar-refractivity contribution is 6.32. The lowest BCUT2D eigenvalue weighted by atomic mass is 10.1. The van der Waals surface area contributed by atoms with Crippen molar-refractivity contribution >= 4 is 28.9 Å². The van der Waals surface area contributed by atoms with Gasteiger partial charge in [-0.15, -0.1) is 0 Å². The smallest absolute Gasteiger partial charge is 0.271 e. The van der Waals surface area contributed by atoms with E-state index in [1.165, 1.54) is 37.4 Å². The predicted octanol–water partition coefficient (Wildman–Crippen LogP) is 3.91. The highest BCUT2D eigenvalue weighted by Gasteiger charge is 2.16. The minimum atomic E-state index is -0.535. The second kappa shape index (κ2) is 7.65. The molecule has 0 radical (unpaired) electrons. The zero-order valence-electron chi connectivity index (χ0n) is 13.0. The van der Waals surface area contributed by atoms with Crippen molar-refractivity contribution < 1.29 is 19.2 Å². The number of benzene rings is 2. The van der Waals surface area contributed by atoms with E-state index in [2.05, 4.69) is 5.32 Å². The van der Waals surface area contributed by atoms with Gasteiger partial charge in [0.1, 0.15) is 0 Å². The molecule has 0 aliphatic heterocycles. The van der Waals surface area contributed by atoms with Gasteiger partial charge in [-0.2, -0.15) is 0 Å². The van der Waals surface area contributed by atoms with Crippen molar-refractivity contribution in [2.45, 2.75) is 6.92 Å². The third-order valence-corrected chi connectivity index (χ3v) is 3.37. The van der Waals surface area contributed by atoms with Crippen molar-refractivity contribution in [3.8, 4) is 11.5 Å². The van der Waals surface area contributed by atoms with Crippen LogP contribution in [0.15, 0.2) is 36.4 Å². The second-order valence-electron chi connectivity index (χ2n) is 4.68. The number of non-ortho nitro benzene ring substituents is 1. The van der Waals surface area contributed by atoms with Crippen LogP contribution in [-0.2, 0) is 0 Å². The Morgan fingerprint density at radius 3 is 2.71 bits per heavy atom. The first kappa shape index (κ1) is 17.6. The minimum absolute atomic E-state index is 0.115. The molecule has 1 N–H and O–H groups in total. The van der Waals surface area contributed by atoms with E-state index in [1.54, 1.807) is 13.0 Å². The van der Waals surface area contributed by atoms with Gasteiger partial charge < -0.3 is 14.8 Å². The van der Waals surface area contributed by atoms with Gasteiger partial charge in [0.05, 0.1) is 23.7 Å². The molecule has 0 aromatic heterocycles. The third-order valence-electron chi connectivity index (χ3n) is 3.09. The number of anilines is 1. The second-order valence-corrected chi connectivity index (χ2v) is 5.09. The number of nitrogens with zero attached hydrogens (tertiary/aromatic N) is 1. The zero-order chi connectivity index (χ0) is 17.7. The average Bonchev–Trinajstić information content (AvgIpc) is 2.55. The maximum Gasteiger partial charge on any atom is 0.271 e. The summed E-state index contributed by atoms with van der Waals surface area (Å²) in [5.41, 5.74) is 0.436. The number of ether oxygens (including phenoxy) is 2. The summed E-state index contributed by atoms with van der Waals surface area (Å²) in [6.45, 7) is 2.17. The van der Waals surface area contributed by atoms with Crippen molar-refractivity contribution in [3.63, 3.8) is 0 Å². The number of nitro benzene ring substituents is 1. The Bertz CT molecular complexity index is 779. The zero-order valence-corrected chi connectivity index (χ0v) is 13.8. The van der Waals surface area contributed by atoms with Crippen LogP contribution in [0.25, 0.3) is 0 Å². The summed E-state index contributed by atoms with van der Waals surface area (Å²) in [7, 11) is 1.45. The number of nitrogens with one attached hydrogen (secondary N) is 1. The molecule has 24 heavy (non-hydrogen) atoms. The molecule has 0 atom stereocenters. The fourth-order valence-electron chi connectivity index (χ4n) is 2.06. The van der Waals surface area contributed by atoms with Gasteiger partial charge in [0.2, 0.25) is 0 Å². The van der Waals surface area contributed by atoms with E-state index in [0.717, 1.165) is 0 Å². The van der Waals surface area contributed by atoms with Gasteiger partial charge in [-0.05, 0) is 25.1 Å². The SMILES string of the molecule is CCOc1cc(C(=O)Nc2cccc([N+](=O)[O-])c2)cc(Cl)c1OC.